The molecule has 1 atom stereocenters. The van der Waals surface area contributed by atoms with Crippen LogP contribution in [0.2, 0.25) is 0 Å². The third kappa shape index (κ3) is 7.08. The molecule has 0 saturated carbocycles. The fourth-order valence-corrected chi connectivity index (χ4v) is 4.43. The first-order valence-corrected chi connectivity index (χ1v) is 12.1. The van der Waals surface area contributed by atoms with Crippen molar-refractivity contribution in [2.45, 2.75) is 19.1 Å². The second-order valence-electron chi connectivity index (χ2n) is 9.33. The van der Waals surface area contributed by atoms with E-state index in [1.807, 2.05) is 24.3 Å². The molecule has 2 aromatic rings. The van der Waals surface area contributed by atoms with Crippen LogP contribution in [0.25, 0.3) is 0 Å². The lowest BCUT2D eigenvalue weighted by molar-refractivity contribution is -0.132. The molecule has 2 aliphatic heterocycles. The van der Waals surface area contributed by atoms with E-state index in [-0.39, 0.29) is 30.9 Å². The number of benzene rings is 2. The van der Waals surface area contributed by atoms with E-state index >= 15 is 0 Å². The third-order valence-electron chi connectivity index (χ3n) is 6.36. The number of rotatable bonds is 9. The van der Waals surface area contributed by atoms with Crippen molar-refractivity contribution < 1.29 is 28.6 Å². The molecule has 2 N–H and O–H groups in total. The number of halogens is 1. The summed E-state index contributed by atoms with van der Waals surface area (Å²) in [5.41, 5.74) is -0.249. The molecule has 10 heteroatoms. The van der Waals surface area contributed by atoms with Gasteiger partial charge < -0.3 is 29.7 Å². The number of aliphatic hydroxyl groups is 1. The van der Waals surface area contributed by atoms with Gasteiger partial charge in [0.1, 0.15) is 36.1 Å². The van der Waals surface area contributed by atoms with Crippen molar-refractivity contribution in [1.29, 1.82) is 0 Å². The highest BCUT2D eigenvalue weighted by atomic mass is 19.1. The van der Waals surface area contributed by atoms with Crippen molar-refractivity contribution in [2.24, 2.45) is 0 Å². The summed E-state index contributed by atoms with van der Waals surface area (Å²) < 4.78 is 24.7. The number of hydrogen-bond acceptors (Lipinski definition) is 6. The number of nitrogens with one attached hydrogen (secondary N) is 1. The Balaban J connectivity index is 1.33. The Labute approximate surface area is 210 Å². The Bertz CT molecular complexity index is 1040. The highest BCUT2D eigenvalue weighted by Gasteiger charge is 2.37. The van der Waals surface area contributed by atoms with Gasteiger partial charge in [-0.2, -0.15) is 0 Å². The number of carbonyl (C=O) groups excluding carboxylic acids is 2. The van der Waals surface area contributed by atoms with Crippen molar-refractivity contribution in [3.8, 4) is 11.5 Å². The minimum absolute atomic E-state index is 0.0271. The van der Waals surface area contributed by atoms with Crippen molar-refractivity contribution >= 4 is 11.9 Å². The monoisotopic (exact) mass is 500 g/mol. The average Bonchev–Trinajstić information content (AvgIpc) is 3.18. The maximum atomic E-state index is 13.2. The van der Waals surface area contributed by atoms with E-state index in [1.165, 1.54) is 31.2 Å². The number of β-amino-alcohol motifs (C(OH)–C–C–N with tert-alkyl or cyclic N) is 1. The van der Waals surface area contributed by atoms with Crippen LogP contribution in [0.15, 0.2) is 48.5 Å². The molecule has 0 unspecified atom stereocenters. The fraction of sp³-hybridized carbons (Fsp3) is 0.462. The molecule has 36 heavy (non-hydrogen) atoms. The van der Waals surface area contributed by atoms with Gasteiger partial charge in [-0.25, -0.2) is 9.18 Å². The Kier molecular flexibility index (Phi) is 8.27. The van der Waals surface area contributed by atoms with E-state index in [2.05, 4.69) is 10.2 Å². The number of nitrogens with zero attached hydrogens (tertiary/aromatic N) is 3. The minimum atomic E-state index is -1.29. The van der Waals surface area contributed by atoms with Crippen LogP contribution >= 0.6 is 0 Å². The second kappa shape index (κ2) is 11.6. The lowest BCUT2D eigenvalue weighted by atomic mass is 10.0. The minimum Gasteiger partial charge on any atom is -0.492 e. The van der Waals surface area contributed by atoms with Crippen LogP contribution in [0.1, 0.15) is 12.5 Å². The summed E-state index contributed by atoms with van der Waals surface area (Å²) in [6, 6.07) is 13.3. The van der Waals surface area contributed by atoms with E-state index in [9.17, 15) is 19.1 Å². The molecule has 2 aromatic carbocycles. The normalized spacial score (nSPS) is 20.7. The van der Waals surface area contributed by atoms with Gasteiger partial charge in [-0.1, -0.05) is 12.1 Å². The van der Waals surface area contributed by atoms with Crippen LogP contribution in [0, 0.1) is 5.82 Å². The summed E-state index contributed by atoms with van der Waals surface area (Å²) in [6.45, 7) is 5.93. The van der Waals surface area contributed by atoms with Gasteiger partial charge in [-0.05, 0) is 42.0 Å². The van der Waals surface area contributed by atoms with Crippen molar-refractivity contribution in [3.05, 3.63) is 59.9 Å². The van der Waals surface area contributed by atoms with E-state index < -0.39 is 5.60 Å². The molecular formula is C26H33FN4O5. The summed E-state index contributed by atoms with van der Waals surface area (Å²) in [4.78, 5) is 29.2. The van der Waals surface area contributed by atoms with Gasteiger partial charge in [0.25, 0.3) is 0 Å². The van der Waals surface area contributed by atoms with Crippen LogP contribution < -0.4 is 14.8 Å². The average molecular weight is 501 g/mol. The van der Waals surface area contributed by atoms with Gasteiger partial charge in [0.15, 0.2) is 0 Å². The summed E-state index contributed by atoms with van der Waals surface area (Å²) in [5, 5.41) is 14.2. The van der Waals surface area contributed by atoms with Gasteiger partial charge in [-0.15, -0.1) is 0 Å². The molecule has 0 aromatic heterocycles. The number of amides is 3. The van der Waals surface area contributed by atoms with Crippen LogP contribution in [0.5, 0.6) is 11.5 Å². The van der Waals surface area contributed by atoms with Gasteiger partial charge in [0.05, 0.1) is 13.1 Å². The maximum absolute atomic E-state index is 13.2. The Morgan fingerprint density at radius 2 is 1.72 bits per heavy atom. The van der Waals surface area contributed by atoms with Crippen LogP contribution in [-0.4, -0.2) is 96.4 Å². The lowest BCUT2D eigenvalue weighted by Crippen LogP contribution is -2.51. The molecule has 0 aliphatic carbocycles. The molecule has 4 rings (SSSR count). The molecule has 194 valence electrons. The lowest BCUT2D eigenvalue weighted by Gasteiger charge is -2.32. The number of carbonyl (C=O) groups is 2. The smallest absolute Gasteiger partial charge is 0.317 e. The predicted octanol–water partition coefficient (Wildman–Crippen LogP) is 1.70. The predicted molar refractivity (Wildman–Crippen MR) is 131 cm³/mol. The largest absolute Gasteiger partial charge is 0.492 e. The molecule has 2 saturated heterocycles. The number of ether oxygens (including phenoxy) is 2. The second-order valence-corrected chi connectivity index (χ2v) is 9.33. The molecule has 2 fully saturated rings. The van der Waals surface area contributed by atoms with Crippen LogP contribution in [0.4, 0.5) is 9.18 Å². The third-order valence-corrected chi connectivity index (χ3v) is 6.36. The molecule has 0 radical (unpaired) electrons. The zero-order valence-electron chi connectivity index (χ0n) is 20.5. The number of urea groups is 1. The van der Waals surface area contributed by atoms with E-state index in [4.69, 9.17) is 9.47 Å². The Hall–Kier alpha value is -3.37. The molecule has 2 heterocycles. The van der Waals surface area contributed by atoms with Gasteiger partial charge in [-0.3, -0.25) is 9.69 Å². The molecule has 3 amide bonds. The SMILES string of the molecule is CC(=O)N1CCN(Cc2ccc(OCCN3CCNC3=O)cc2)C[C@@](O)(COc2ccc(F)cc2)C1. The highest BCUT2D eigenvalue weighted by molar-refractivity contribution is 5.76. The van der Waals surface area contributed by atoms with Crippen molar-refractivity contribution in [1.82, 2.24) is 20.0 Å². The van der Waals surface area contributed by atoms with Crippen LogP contribution in [0.3, 0.4) is 0 Å². The highest BCUT2D eigenvalue weighted by Crippen LogP contribution is 2.21. The molecule has 0 spiro atoms. The molecule has 2 aliphatic rings. The first-order chi connectivity index (χ1) is 17.3. The molecule has 0 bridgehead atoms. The van der Waals surface area contributed by atoms with E-state index in [0.717, 1.165) is 11.3 Å². The quantitative estimate of drug-likeness (QED) is 0.545. The van der Waals surface area contributed by atoms with Gasteiger partial charge >= 0.3 is 6.03 Å². The van der Waals surface area contributed by atoms with E-state index in [0.29, 0.717) is 58.2 Å². The summed E-state index contributed by atoms with van der Waals surface area (Å²) in [6.07, 6.45) is 0. The van der Waals surface area contributed by atoms with Crippen molar-refractivity contribution in [3.63, 3.8) is 0 Å². The Morgan fingerprint density at radius 3 is 2.39 bits per heavy atom. The summed E-state index contributed by atoms with van der Waals surface area (Å²) in [7, 11) is 0. The van der Waals surface area contributed by atoms with Gasteiger partial charge in [0, 0.05) is 46.2 Å². The topological polar surface area (TPSA) is 94.6 Å². The van der Waals surface area contributed by atoms with Gasteiger partial charge in [0.2, 0.25) is 5.91 Å². The first-order valence-electron chi connectivity index (χ1n) is 12.1. The zero-order chi connectivity index (χ0) is 25.5. The standard InChI is InChI=1S/C26H33FN4O5/c1-20(32)31-13-12-29(17-26(34,18-31)19-36-24-8-4-22(27)5-9-24)16-21-2-6-23(7-3-21)35-15-14-30-11-10-28-25(30)33/h2-9,34H,10-19H2,1H3,(H,28,33)/t26-/m0/s1. The summed E-state index contributed by atoms with van der Waals surface area (Å²) >= 11 is 0. The fourth-order valence-electron chi connectivity index (χ4n) is 4.43. The van der Waals surface area contributed by atoms with Crippen LogP contribution in [-0.2, 0) is 11.3 Å². The maximum Gasteiger partial charge on any atom is 0.317 e. The molecular weight excluding hydrogens is 467 g/mol. The molecule has 9 nitrogen and oxygen atoms in total. The number of hydrogen-bond donors (Lipinski definition) is 2. The van der Waals surface area contributed by atoms with E-state index in [1.54, 1.807) is 9.80 Å². The zero-order valence-corrected chi connectivity index (χ0v) is 20.5. The van der Waals surface area contributed by atoms with Crippen molar-refractivity contribution in [2.75, 3.05) is 59.0 Å². The first kappa shape index (κ1) is 25.7. The Morgan fingerprint density at radius 1 is 1.03 bits per heavy atom. The summed E-state index contributed by atoms with van der Waals surface area (Å²) in [5.74, 6) is 0.710.